The van der Waals surface area contributed by atoms with E-state index in [1.54, 1.807) is 0 Å². The molecule has 1 aromatic carbocycles. The van der Waals surface area contributed by atoms with Crippen molar-refractivity contribution in [3.63, 3.8) is 0 Å². The topological polar surface area (TPSA) is 91.3 Å². The summed E-state index contributed by atoms with van der Waals surface area (Å²) in [6.45, 7) is -0.290. The quantitative estimate of drug-likeness (QED) is 0.446. The van der Waals surface area contributed by atoms with Gasteiger partial charge in [-0.25, -0.2) is 4.98 Å². The SMILES string of the molecule is O=C(CNc1cc(OC(F)(F)F)ccc1Br)Sc1ncccc1C(=O)[O-].[K+]. The normalized spacial score (nSPS) is 10.7. The first-order chi connectivity index (χ1) is 12.2. The minimum absolute atomic E-state index is 0. The molecule has 0 spiro atoms. The number of alkyl halides is 3. The van der Waals surface area contributed by atoms with Crippen LogP contribution in [-0.4, -0.2) is 29.0 Å². The molecule has 0 radical (unpaired) electrons. The van der Waals surface area contributed by atoms with Crippen molar-refractivity contribution in [3.8, 4) is 5.75 Å². The molecule has 138 valence electrons. The molecule has 27 heavy (non-hydrogen) atoms. The zero-order valence-electron chi connectivity index (χ0n) is 13.7. The van der Waals surface area contributed by atoms with Gasteiger partial charge >= 0.3 is 57.7 Å². The average Bonchev–Trinajstić information content (AvgIpc) is 2.54. The van der Waals surface area contributed by atoms with Gasteiger partial charge in [0, 0.05) is 22.3 Å². The molecule has 12 heteroatoms. The molecule has 0 saturated heterocycles. The fourth-order valence-corrected chi connectivity index (χ4v) is 2.90. The Morgan fingerprint density at radius 3 is 2.63 bits per heavy atom. The van der Waals surface area contributed by atoms with Crippen molar-refractivity contribution < 1.29 is 84.0 Å². The molecule has 1 aromatic heterocycles. The number of rotatable bonds is 6. The van der Waals surface area contributed by atoms with Crippen molar-refractivity contribution >= 4 is 44.5 Å². The number of halogens is 4. The van der Waals surface area contributed by atoms with Gasteiger partial charge in [-0.3, -0.25) is 4.79 Å². The zero-order valence-corrected chi connectivity index (χ0v) is 19.2. The number of carbonyl (C=O) groups is 2. The first kappa shape index (κ1) is 24.4. The van der Waals surface area contributed by atoms with E-state index in [0.717, 1.165) is 12.1 Å². The van der Waals surface area contributed by atoms with Crippen molar-refractivity contribution in [2.75, 3.05) is 11.9 Å². The largest absolute Gasteiger partial charge is 1.00 e. The predicted octanol–water partition coefficient (Wildman–Crippen LogP) is -0.159. The van der Waals surface area contributed by atoms with Crippen LogP contribution in [0.15, 0.2) is 46.0 Å². The summed E-state index contributed by atoms with van der Waals surface area (Å²) in [5.74, 6) is -1.92. The van der Waals surface area contributed by atoms with Crippen molar-refractivity contribution in [1.29, 1.82) is 0 Å². The molecule has 2 rings (SSSR count). The second-order valence-electron chi connectivity index (χ2n) is 4.66. The first-order valence-electron chi connectivity index (χ1n) is 6.82. The maximum Gasteiger partial charge on any atom is 1.00 e. The Kier molecular flexibility index (Phi) is 9.75. The Morgan fingerprint density at radius 1 is 1.30 bits per heavy atom. The molecule has 1 N–H and O–H groups in total. The third-order valence-corrected chi connectivity index (χ3v) is 4.38. The number of hydrogen-bond acceptors (Lipinski definition) is 7. The Morgan fingerprint density at radius 2 is 2.00 bits per heavy atom. The zero-order chi connectivity index (χ0) is 19.3. The number of pyridine rings is 1. The summed E-state index contributed by atoms with van der Waals surface area (Å²) in [4.78, 5) is 26.8. The van der Waals surface area contributed by atoms with Gasteiger partial charge in [-0.15, -0.1) is 13.2 Å². The van der Waals surface area contributed by atoms with Crippen molar-refractivity contribution in [2.45, 2.75) is 11.4 Å². The van der Waals surface area contributed by atoms with Gasteiger partial charge in [0.1, 0.15) is 10.8 Å². The van der Waals surface area contributed by atoms with Crippen LogP contribution in [0.5, 0.6) is 5.75 Å². The van der Waals surface area contributed by atoms with Gasteiger partial charge in [0.2, 0.25) is 5.12 Å². The van der Waals surface area contributed by atoms with Crippen LogP contribution in [0, 0.1) is 0 Å². The van der Waals surface area contributed by atoms with Crippen LogP contribution in [0.25, 0.3) is 0 Å². The van der Waals surface area contributed by atoms with Gasteiger partial charge in [-0.1, -0.05) is 0 Å². The standard InChI is InChI=1S/C15H10BrF3N2O4S.K/c16-10-4-3-8(25-15(17,18)19)6-11(10)21-7-12(22)26-13-9(14(23)24)2-1-5-20-13;/h1-6,21H,7H2,(H,23,24);/q;+1/p-1. The van der Waals surface area contributed by atoms with E-state index in [-0.39, 0.29) is 74.2 Å². The Hall–Kier alpha value is -0.634. The van der Waals surface area contributed by atoms with E-state index >= 15 is 0 Å². The summed E-state index contributed by atoms with van der Waals surface area (Å²) in [6, 6.07) is 6.15. The smallest absolute Gasteiger partial charge is 0.545 e. The average molecular weight is 489 g/mol. The summed E-state index contributed by atoms with van der Waals surface area (Å²) < 4.78 is 41.0. The number of nitrogens with zero attached hydrogens (tertiary/aromatic N) is 1. The van der Waals surface area contributed by atoms with Crippen molar-refractivity contribution in [2.24, 2.45) is 0 Å². The molecular weight excluding hydrogens is 480 g/mol. The molecule has 0 aliphatic carbocycles. The number of aromatic carboxylic acids is 1. The first-order valence-corrected chi connectivity index (χ1v) is 8.43. The molecule has 2 aromatic rings. The van der Waals surface area contributed by atoms with Gasteiger partial charge in [0.05, 0.1) is 18.2 Å². The number of hydrogen-bond donors (Lipinski definition) is 1. The Labute approximate surface area is 206 Å². The number of carbonyl (C=O) groups excluding carboxylic acids is 2. The Bertz CT molecular complexity index is 839. The molecule has 0 bridgehead atoms. The summed E-state index contributed by atoms with van der Waals surface area (Å²) >= 11 is 3.72. The van der Waals surface area contributed by atoms with E-state index in [1.165, 1.54) is 24.4 Å². The van der Waals surface area contributed by atoms with Crippen LogP contribution in [0.4, 0.5) is 18.9 Å². The van der Waals surface area contributed by atoms with Crippen molar-refractivity contribution in [3.05, 3.63) is 46.6 Å². The molecule has 0 unspecified atom stereocenters. The third-order valence-electron chi connectivity index (χ3n) is 2.80. The van der Waals surface area contributed by atoms with Crippen LogP contribution < -0.4 is 66.5 Å². The van der Waals surface area contributed by atoms with E-state index in [0.29, 0.717) is 16.2 Å². The minimum Gasteiger partial charge on any atom is -0.545 e. The Balaban J connectivity index is 0.00000364. The fraction of sp³-hybridized carbons (Fsp3) is 0.133. The van der Waals surface area contributed by atoms with Gasteiger partial charge in [-0.2, -0.15) is 0 Å². The van der Waals surface area contributed by atoms with Crippen LogP contribution in [0.2, 0.25) is 0 Å². The third kappa shape index (κ3) is 8.09. The summed E-state index contributed by atoms with van der Waals surface area (Å²) in [5.41, 5.74) is -0.0329. The maximum atomic E-state index is 12.3. The number of ether oxygens (including phenoxy) is 1. The van der Waals surface area contributed by atoms with E-state index in [9.17, 15) is 27.9 Å². The minimum atomic E-state index is -4.84. The van der Waals surface area contributed by atoms with Crippen molar-refractivity contribution in [1.82, 2.24) is 4.98 Å². The van der Waals surface area contributed by atoms with Crippen LogP contribution in [0.3, 0.4) is 0 Å². The maximum absolute atomic E-state index is 12.3. The van der Waals surface area contributed by atoms with Crippen LogP contribution in [-0.2, 0) is 4.79 Å². The molecule has 0 aliphatic heterocycles. The predicted molar refractivity (Wildman–Crippen MR) is 88.7 cm³/mol. The fourth-order valence-electron chi connectivity index (χ4n) is 1.78. The number of carboxylic acids is 1. The van der Waals surface area contributed by atoms with Gasteiger partial charge in [-0.05, 0) is 52.0 Å². The van der Waals surface area contributed by atoms with Gasteiger partial charge in [0.15, 0.2) is 0 Å². The van der Waals surface area contributed by atoms with E-state index in [2.05, 4.69) is 31.0 Å². The molecule has 0 saturated carbocycles. The number of thioether (sulfide) groups is 1. The van der Waals surface area contributed by atoms with Gasteiger partial charge in [0.25, 0.3) is 0 Å². The number of aromatic nitrogens is 1. The molecule has 0 atom stereocenters. The number of carboxylic acid groups (broad SMARTS) is 1. The van der Waals surface area contributed by atoms with E-state index in [1.807, 2.05) is 0 Å². The number of benzene rings is 1. The van der Waals surface area contributed by atoms with E-state index in [4.69, 9.17) is 0 Å². The molecular formula is C15H9BrF3KN2O4S. The van der Waals surface area contributed by atoms with Crippen LogP contribution >= 0.6 is 27.7 Å². The molecule has 1 heterocycles. The molecule has 0 aliphatic rings. The monoisotopic (exact) mass is 488 g/mol. The second kappa shape index (κ2) is 10.8. The second-order valence-corrected chi connectivity index (χ2v) is 6.56. The number of nitrogens with one attached hydrogen (secondary N) is 1. The molecule has 6 nitrogen and oxygen atoms in total. The molecule has 0 fully saturated rings. The van der Waals surface area contributed by atoms with Gasteiger partial charge < -0.3 is 20.0 Å². The summed E-state index contributed by atoms with van der Waals surface area (Å²) in [6.07, 6.45) is -3.51. The summed E-state index contributed by atoms with van der Waals surface area (Å²) in [7, 11) is 0. The number of anilines is 1. The van der Waals surface area contributed by atoms with E-state index < -0.39 is 23.2 Å². The molecule has 0 amide bonds. The summed E-state index contributed by atoms with van der Waals surface area (Å²) in [5, 5.41) is 13.1. The van der Waals surface area contributed by atoms with Crippen LogP contribution in [0.1, 0.15) is 10.4 Å².